The van der Waals surface area contributed by atoms with Crippen LogP contribution in [0.25, 0.3) is 0 Å². The number of aryl methyl sites for hydroxylation is 1. The molecule has 0 fully saturated rings. The Morgan fingerprint density at radius 2 is 2.27 bits per heavy atom. The Morgan fingerprint density at radius 1 is 1.60 bits per heavy atom. The summed E-state index contributed by atoms with van der Waals surface area (Å²) in [5.41, 5.74) is 7.59. The topological polar surface area (TPSA) is 72.5 Å². The molecule has 1 atom stereocenters. The van der Waals surface area contributed by atoms with Crippen LogP contribution in [0.5, 0.6) is 0 Å². The van der Waals surface area contributed by atoms with E-state index in [0.29, 0.717) is 11.3 Å². The number of aliphatic hydroxyl groups is 1. The molecule has 1 aromatic rings. The first-order valence-electron chi connectivity index (χ1n) is 4.77. The maximum Gasteiger partial charge on any atom is 0.339 e. The van der Waals surface area contributed by atoms with E-state index in [1.165, 1.54) is 0 Å². The Balaban J connectivity index is 2.86. The summed E-state index contributed by atoms with van der Waals surface area (Å²) in [4.78, 5) is 11.2. The van der Waals surface area contributed by atoms with Crippen LogP contribution in [0.3, 0.4) is 0 Å². The minimum atomic E-state index is -1.26. The molecule has 1 unspecified atom stereocenters. The molecule has 0 aromatic heterocycles. The minimum absolute atomic E-state index is 0.247. The molecular formula is C11H15NO3. The number of aliphatic hydroxyl groups excluding tert-OH is 1. The highest BCUT2D eigenvalue weighted by atomic mass is 16.5. The van der Waals surface area contributed by atoms with E-state index in [2.05, 4.69) is 0 Å². The van der Waals surface area contributed by atoms with Crippen molar-refractivity contribution >= 4 is 11.7 Å². The smallest absolute Gasteiger partial charge is 0.339 e. The number of hydrogen-bond donors (Lipinski definition) is 2. The standard InChI is InChI=1S/C11H15NO3/c1-3-15-11(14)10(13)8-5-4-7(2)9(12)6-8/h4-6,10,13H,3,12H2,1-2H3. The van der Waals surface area contributed by atoms with Gasteiger partial charge in [-0.05, 0) is 31.0 Å². The number of carbonyl (C=O) groups is 1. The number of carbonyl (C=O) groups excluding carboxylic acids is 1. The number of nitrogens with two attached hydrogens (primary N) is 1. The number of esters is 1. The summed E-state index contributed by atoms with van der Waals surface area (Å²) in [6.45, 7) is 3.79. The molecule has 0 spiro atoms. The monoisotopic (exact) mass is 209 g/mol. The average Bonchev–Trinajstić information content (AvgIpc) is 2.21. The van der Waals surface area contributed by atoms with E-state index < -0.39 is 12.1 Å². The molecule has 0 saturated heterocycles. The van der Waals surface area contributed by atoms with Crippen molar-refractivity contribution in [3.8, 4) is 0 Å². The lowest BCUT2D eigenvalue weighted by Crippen LogP contribution is -2.15. The SMILES string of the molecule is CCOC(=O)C(O)c1ccc(C)c(N)c1. The van der Waals surface area contributed by atoms with Crippen molar-refractivity contribution in [3.05, 3.63) is 29.3 Å². The second kappa shape index (κ2) is 4.79. The van der Waals surface area contributed by atoms with E-state index in [-0.39, 0.29) is 6.61 Å². The normalized spacial score (nSPS) is 12.2. The van der Waals surface area contributed by atoms with Crippen molar-refractivity contribution in [1.82, 2.24) is 0 Å². The predicted octanol–water partition coefficient (Wildman–Crippen LogP) is 1.17. The Hall–Kier alpha value is -1.55. The second-order valence-electron chi connectivity index (χ2n) is 3.27. The molecular weight excluding hydrogens is 194 g/mol. The molecule has 0 aliphatic heterocycles. The number of rotatable bonds is 3. The highest BCUT2D eigenvalue weighted by Gasteiger charge is 2.18. The third kappa shape index (κ3) is 2.70. The van der Waals surface area contributed by atoms with Crippen molar-refractivity contribution in [3.63, 3.8) is 0 Å². The number of hydrogen-bond acceptors (Lipinski definition) is 4. The Morgan fingerprint density at radius 3 is 2.80 bits per heavy atom. The summed E-state index contributed by atoms with van der Waals surface area (Å²) < 4.78 is 4.70. The Kier molecular flexibility index (Phi) is 3.68. The molecule has 0 heterocycles. The van der Waals surface area contributed by atoms with E-state index in [1.54, 1.807) is 25.1 Å². The molecule has 3 N–H and O–H groups in total. The Labute approximate surface area is 88.7 Å². The first kappa shape index (κ1) is 11.5. The summed E-state index contributed by atoms with van der Waals surface area (Å²) in [5.74, 6) is -0.652. The summed E-state index contributed by atoms with van der Waals surface area (Å²) in [5, 5.41) is 9.61. The van der Waals surface area contributed by atoms with Crippen LogP contribution < -0.4 is 5.73 Å². The molecule has 4 nitrogen and oxygen atoms in total. The van der Waals surface area contributed by atoms with Crippen LogP contribution in [0.4, 0.5) is 5.69 Å². The lowest BCUT2D eigenvalue weighted by molar-refractivity contribution is -0.153. The van der Waals surface area contributed by atoms with E-state index in [4.69, 9.17) is 10.5 Å². The van der Waals surface area contributed by atoms with Gasteiger partial charge in [-0.2, -0.15) is 0 Å². The van der Waals surface area contributed by atoms with E-state index >= 15 is 0 Å². The minimum Gasteiger partial charge on any atom is -0.464 e. The number of nitrogen functional groups attached to an aromatic ring is 1. The Bertz CT molecular complexity index is 363. The van der Waals surface area contributed by atoms with E-state index in [9.17, 15) is 9.90 Å². The van der Waals surface area contributed by atoms with Crippen molar-refractivity contribution in [2.75, 3.05) is 12.3 Å². The van der Waals surface area contributed by atoms with Crippen LogP contribution in [0.1, 0.15) is 24.2 Å². The molecule has 15 heavy (non-hydrogen) atoms. The van der Waals surface area contributed by atoms with Gasteiger partial charge in [0.15, 0.2) is 6.10 Å². The third-order valence-corrected chi connectivity index (χ3v) is 2.13. The van der Waals surface area contributed by atoms with Gasteiger partial charge in [-0.1, -0.05) is 12.1 Å². The summed E-state index contributed by atoms with van der Waals surface area (Å²) in [6.07, 6.45) is -1.26. The number of ether oxygens (including phenoxy) is 1. The van der Waals surface area contributed by atoms with Crippen molar-refractivity contribution in [2.24, 2.45) is 0 Å². The summed E-state index contributed by atoms with van der Waals surface area (Å²) in [6, 6.07) is 5.00. The van der Waals surface area contributed by atoms with Gasteiger partial charge in [0, 0.05) is 5.69 Å². The quantitative estimate of drug-likeness (QED) is 0.579. The average molecular weight is 209 g/mol. The number of anilines is 1. The zero-order chi connectivity index (χ0) is 11.4. The van der Waals surface area contributed by atoms with Crippen molar-refractivity contribution in [1.29, 1.82) is 0 Å². The number of benzene rings is 1. The predicted molar refractivity (Wildman–Crippen MR) is 57.2 cm³/mol. The fourth-order valence-corrected chi connectivity index (χ4v) is 1.19. The van der Waals surface area contributed by atoms with Gasteiger partial charge in [0.25, 0.3) is 0 Å². The summed E-state index contributed by atoms with van der Waals surface area (Å²) >= 11 is 0. The molecule has 1 rings (SSSR count). The largest absolute Gasteiger partial charge is 0.464 e. The lowest BCUT2D eigenvalue weighted by Gasteiger charge is -2.11. The van der Waals surface area contributed by atoms with Crippen molar-refractivity contribution < 1.29 is 14.6 Å². The van der Waals surface area contributed by atoms with Crippen LogP contribution in [0.2, 0.25) is 0 Å². The van der Waals surface area contributed by atoms with Crippen molar-refractivity contribution in [2.45, 2.75) is 20.0 Å². The van der Waals surface area contributed by atoms with E-state index in [1.807, 2.05) is 6.92 Å². The fraction of sp³-hybridized carbons (Fsp3) is 0.364. The summed E-state index contributed by atoms with van der Waals surface area (Å²) in [7, 11) is 0. The van der Waals surface area contributed by atoms with Gasteiger partial charge >= 0.3 is 5.97 Å². The van der Waals surface area contributed by atoms with Crippen LogP contribution in [0, 0.1) is 6.92 Å². The first-order chi connectivity index (χ1) is 7.06. The molecule has 4 heteroatoms. The van der Waals surface area contributed by atoms with Gasteiger partial charge in [0.2, 0.25) is 0 Å². The molecule has 0 aliphatic rings. The second-order valence-corrected chi connectivity index (χ2v) is 3.27. The third-order valence-electron chi connectivity index (χ3n) is 2.13. The maximum absolute atomic E-state index is 11.2. The highest BCUT2D eigenvalue weighted by Crippen LogP contribution is 2.19. The van der Waals surface area contributed by atoms with E-state index in [0.717, 1.165) is 5.56 Å². The first-order valence-corrected chi connectivity index (χ1v) is 4.77. The van der Waals surface area contributed by atoms with Crippen LogP contribution in [-0.2, 0) is 9.53 Å². The molecule has 82 valence electrons. The molecule has 0 bridgehead atoms. The van der Waals surface area contributed by atoms with Crippen LogP contribution in [-0.4, -0.2) is 17.7 Å². The molecule has 0 amide bonds. The van der Waals surface area contributed by atoms with Gasteiger partial charge in [-0.25, -0.2) is 4.79 Å². The van der Waals surface area contributed by atoms with Gasteiger partial charge in [0.05, 0.1) is 6.61 Å². The highest BCUT2D eigenvalue weighted by molar-refractivity contribution is 5.76. The molecule has 1 aromatic carbocycles. The van der Waals surface area contributed by atoms with Crippen LogP contribution >= 0.6 is 0 Å². The lowest BCUT2D eigenvalue weighted by atomic mass is 10.1. The van der Waals surface area contributed by atoms with Gasteiger partial charge < -0.3 is 15.6 Å². The zero-order valence-corrected chi connectivity index (χ0v) is 8.86. The van der Waals surface area contributed by atoms with Gasteiger partial charge in [-0.3, -0.25) is 0 Å². The maximum atomic E-state index is 11.2. The molecule has 0 saturated carbocycles. The zero-order valence-electron chi connectivity index (χ0n) is 8.86. The van der Waals surface area contributed by atoms with Gasteiger partial charge in [0.1, 0.15) is 0 Å². The molecule has 0 aliphatic carbocycles. The van der Waals surface area contributed by atoms with Gasteiger partial charge in [-0.15, -0.1) is 0 Å². The molecule has 0 radical (unpaired) electrons. The van der Waals surface area contributed by atoms with Crippen LogP contribution in [0.15, 0.2) is 18.2 Å². The fourth-order valence-electron chi connectivity index (χ4n) is 1.19.